The van der Waals surface area contributed by atoms with Crippen molar-refractivity contribution < 1.29 is 0 Å². The third kappa shape index (κ3) is 5.74. The fraction of sp³-hybridized carbons (Fsp3) is 0.0250. The molecular formula is C40H29N3. The van der Waals surface area contributed by atoms with Gasteiger partial charge in [0, 0.05) is 29.1 Å². The smallest absolute Gasteiger partial charge is 0.126 e. The highest BCUT2D eigenvalue weighted by Gasteiger charge is 2.13. The Labute approximate surface area is 252 Å². The molecule has 0 amide bonds. The van der Waals surface area contributed by atoms with Crippen molar-refractivity contribution in [3.63, 3.8) is 0 Å². The van der Waals surface area contributed by atoms with Gasteiger partial charge in [-0.1, -0.05) is 97.1 Å². The molecule has 0 fully saturated rings. The molecule has 0 radical (unpaired) electrons. The van der Waals surface area contributed by atoms with Gasteiger partial charge in [0.25, 0.3) is 0 Å². The van der Waals surface area contributed by atoms with E-state index in [2.05, 4.69) is 138 Å². The van der Waals surface area contributed by atoms with Crippen molar-refractivity contribution in [2.45, 2.75) is 6.92 Å². The maximum absolute atomic E-state index is 4.94. The van der Waals surface area contributed by atoms with Crippen LogP contribution >= 0.6 is 0 Å². The fourth-order valence-corrected chi connectivity index (χ4v) is 5.51. The van der Waals surface area contributed by atoms with E-state index in [1.807, 2.05) is 25.3 Å². The minimum absolute atomic E-state index is 0.729. The lowest BCUT2D eigenvalue weighted by Crippen LogP contribution is -1.96. The Kier molecular flexibility index (Phi) is 7.12. The van der Waals surface area contributed by atoms with Crippen molar-refractivity contribution in [3.05, 3.63) is 164 Å². The lowest BCUT2D eigenvalue weighted by atomic mass is 9.93. The molecule has 7 aromatic rings. The maximum Gasteiger partial charge on any atom is 0.126 e. The fourth-order valence-electron chi connectivity index (χ4n) is 5.51. The van der Waals surface area contributed by atoms with Crippen molar-refractivity contribution in [2.24, 2.45) is 0 Å². The van der Waals surface area contributed by atoms with E-state index >= 15 is 0 Å². The Morgan fingerprint density at radius 2 is 0.721 bits per heavy atom. The molecule has 2 aromatic heterocycles. The summed E-state index contributed by atoms with van der Waals surface area (Å²) in [6.07, 6.45) is 3.71. The molecule has 7 rings (SSSR count). The first-order valence-corrected chi connectivity index (χ1v) is 14.4. The van der Waals surface area contributed by atoms with Crippen LogP contribution in [-0.2, 0) is 0 Å². The molecule has 204 valence electrons. The molecule has 3 heteroatoms. The Morgan fingerprint density at radius 1 is 0.349 bits per heavy atom. The van der Waals surface area contributed by atoms with Gasteiger partial charge >= 0.3 is 0 Å². The summed E-state index contributed by atoms with van der Waals surface area (Å²) in [5, 5.41) is 0. The van der Waals surface area contributed by atoms with Crippen LogP contribution < -0.4 is 0 Å². The second-order valence-electron chi connectivity index (χ2n) is 10.6. The van der Waals surface area contributed by atoms with Gasteiger partial charge in [0.1, 0.15) is 5.82 Å². The number of hydrogen-bond donors (Lipinski definition) is 0. The third-order valence-electron chi connectivity index (χ3n) is 7.61. The van der Waals surface area contributed by atoms with Gasteiger partial charge < -0.3 is 0 Å². The van der Waals surface area contributed by atoms with Gasteiger partial charge in [-0.05, 0) is 94.4 Å². The van der Waals surface area contributed by atoms with E-state index in [-0.39, 0.29) is 0 Å². The van der Waals surface area contributed by atoms with Crippen LogP contribution in [0.5, 0.6) is 0 Å². The quantitative estimate of drug-likeness (QED) is 0.206. The summed E-state index contributed by atoms with van der Waals surface area (Å²) in [5.74, 6) is 0.729. The van der Waals surface area contributed by atoms with Crippen molar-refractivity contribution in [3.8, 4) is 67.0 Å². The largest absolute Gasteiger partial charge is 0.264 e. The molecule has 3 nitrogen and oxygen atoms in total. The van der Waals surface area contributed by atoms with Crippen molar-refractivity contribution in [1.29, 1.82) is 0 Å². The zero-order chi connectivity index (χ0) is 29.0. The van der Waals surface area contributed by atoms with Crippen LogP contribution in [0.4, 0.5) is 0 Å². The van der Waals surface area contributed by atoms with E-state index in [9.17, 15) is 0 Å². The molecule has 0 saturated carbocycles. The maximum atomic E-state index is 4.94. The van der Waals surface area contributed by atoms with E-state index in [0.29, 0.717) is 0 Å². The van der Waals surface area contributed by atoms with E-state index in [0.717, 1.165) is 61.7 Å². The number of aromatic nitrogens is 3. The number of aryl methyl sites for hydroxylation is 1. The SMILES string of the molecule is Cc1nc(-c2cc(-c3ccccc3)cc(-c3ccccc3)c2)cc(-c2cc(-c3ccccc3)cc(-c3cccnc3)c2)n1. The van der Waals surface area contributed by atoms with Crippen LogP contribution in [-0.4, -0.2) is 15.0 Å². The van der Waals surface area contributed by atoms with Crippen LogP contribution in [0.3, 0.4) is 0 Å². The number of nitrogens with zero attached hydrogens (tertiary/aromatic N) is 3. The van der Waals surface area contributed by atoms with Gasteiger partial charge in [-0.25, -0.2) is 9.97 Å². The van der Waals surface area contributed by atoms with Crippen molar-refractivity contribution in [2.75, 3.05) is 0 Å². The summed E-state index contributed by atoms with van der Waals surface area (Å²) in [4.78, 5) is 14.2. The molecule has 2 heterocycles. The minimum atomic E-state index is 0.729. The number of hydrogen-bond acceptors (Lipinski definition) is 3. The van der Waals surface area contributed by atoms with Crippen LogP contribution in [0.2, 0.25) is 0 Å². The van der Waals surface area contributed by atoms with E-state index < -0.39 is 0 Å². The molecule has 0 aliphatic carbocycles. The molecule has 0 saturated heterocycles. The lowest BCUT2D eigenvalue weighted by Gasteiger charge is -2.14. The first-order chi connectivity index (χ1) is 21.2. The van der Waals surface area contributed by atoms with Gasteiger partial charge in [0.2, 0.25) is 0 Å². The predicted octanol–water partition coefficient (Wildman–Crippen LogP) is 10.2. The van der Waals surface area contributed by atoms with Gasteiger partial charge in [-0.15, -0.1) is 0 Å². The molecule has 0 unspecified atom stereocenters. The average molecular weight is 552 g/mol. The normalized spacial score (nSPS) is 10.9. The summed E-state index contributed by atoms with van der Waals surface area (Å²) in [7, 11) is 0. The monoisotopic (exact) mass is 551 g/mol. The average Bonchev–Trinajstić information content (AvgIpc) is 3.09. The summed E-state index contributed by atoms with van der Waals surface area (Å²) in [6, 6.07) is 51.0. The first-order valence-electron chi connectivity index (χ1n) is 14.4. The first kappa shape index (κ1) is 26.2. The zero-order valence-corrected chi connectivity index (χ0v) is 23.9. The molecule has 0 atom stereocenters. The molecule has 0 aliphatic rings. The number of benzene rings is 5. The highest BCUT2D eigenvalue weighted by atomic mass is 14.9. The predicted molar refractivity (Wildman–Crippen MR) is 177 cm³/mol. The molecule has 43 heavy (non-hydrogen) atoms. The van der Waals surface area contributed by atoms with Crippen molar-refractivity contribution in [1.82, 2.24) is 15.0 Å². The molecule has 0 N–H and O–H groups in total. The molecule has 0 spiro atoms. The van der Waals surface area contributed by atoms with Crippen LogP contribution in [0.15, 0.2) is 158 Å². The highest BCUT2D eigenvalue weighted by molar-refractivity contribution is 5.83. The number of pyridine rings is 1. The summed E-state index contributed by atoms with van der Waals surface area (Å²) < 4.78 is 0. The summed E-state index contributed by atoms with van der Waals surface area (Å²) in [6.45, 7) is 1.97. The third-order valence-corrected chi connectivity index (χ3v) is 7.61. The van der Waals surface area contributed by atoms with E-state index in [1.54, 1.807) is 6.20 Å². The zero-order valence-electron chi connectivity index (χ0n) is 23.9. The van der Waals surface area contributed by atoms with Gasteiger partial charge in [0.15, 0.2) is 0 Å². The Bertz CT molecular complexity index is 1740. The van der Waals surface area contributed by atoms with Gasteiger partial charge in [-0.2, -0.15) is 0 Å². The van der Waals surface area contributed by atoms with Crippen LogP contribution in [0, 0.1) is 6.92 Å². The molecular weight excluding hydrogens is 522 g/mol. The molecule has 5 aromatic carbocycles. The molecule has 0 aliphatic heterocycles. The lowest BCUT2D eigenvalue weighted by molar-refractivity contribution is 1.06. The summed E-state index contributed by atoms with van der Waals surface area (Å²) >= 11 is 0. The van der Waals surface area contributed by atoms with Crippen LogP contribution in [0.1, 0.15) is 5.82 Å². The van der Waals surface area contributed by atoms with Gasteiger partial charge in [0.05, 0.1) is 11.4 Å². The summed E-state index contributed by atoms with van der Waals surface area (Å²) in [5.41, 5.74) is 13.0. The minimum Gasteiger partial charge on any atom is -0.264 e. The molecule has 0 bridgehead atoms. The van der Waals surface area contributed by atoms with Gasteiger partial charge in [-0.3, -0.25) is 4.98 Å². The standard InChI is InChI=1S/C40H29N3/c1-28-42-39(37-22-33(29-12-5-2-6-13-29)20-34(23-37)30-14-7-3-8-15-30)26-40(43-28)38-24-35(31-16-9-4-10-17-31)21-36(25-38)32-18-11-19-41-27-32/h2-27H,1H3. The number of rotatable bonds is 6. The van der Waals surface area contributed by atoms with Crippen molar-refractivity contribution >= 4 is 0 Å². The van der Waals surface area contributed by atoms with E-state index in [1.165, 1.54) is 11.1 Å². The Morgan fingerprint density at radius 3 is 1.12 bits per heavy atom. The second-order valence-corrected chi connectivity index (χ2v) is 10.6. The van der Waals surface area contributed by atoms with E-state index in [4.69, 9.17) is 9.97 Å². The Hall–Kier alpha value is -5.67. The highest BCUT2D eigenvalue weighted by Crippen LogP contribution is 2.36. The van der Waals surface area contributed by atoms with Crippen LogP contribution in [0.25, 0.3) is 67.0 Å². The second kappa shape index (κ2) is 11.7. The topological polar surface area (TPSA) is 38.7 Å². The Balaban J connectivity index is 1.40.